The van der Waals surface area contributed by atoms with Gasteiger partial charge in [0.1, 0.15) is 5.82 Å². The number of nitrogens with zero attached hydrogens (tertiary/aromatic N) is 2. The molecule has 16 heavy (non-hydrogen) atoms. The Morgan fingerprint density at radius 2 is 2.56 bits per heavy atom. The Kier molecular flexibility index (Phi) is 3.96. The number of ether oxygens (including phenoxy) is 1. The van der Waals surface area contributed by atoms with Crippen molar-refractivity contribution in [1.82, 2.24) is 14.9 Å². The lowest BCUT2D eigenvalue weighted by molar-refractivity contribution is 0.176. The van der Waals surface area contributed by atoms with E-state index in [1.807, 2.05) is 13.2 Å². The Hall–Kier alpha value is -0.870. The molecular formula is C12H21N3O. The van der Waals surface area contributed by atoms with Crippen molar-refractivity contribution >= 4 is 0 Å². The molecule has 90 valence electrons. The van der Waals surface area contributed by atoms with E-state index in [2.05, 4.69) is 28.0 Å². The number of hydrogen-bond acceptors (Lipinski definition) is 3. The van der Waals surface area contributed by atoms with E-state index in [0.717, 1.165) is 38.4 Å². The van der Waals surface area contributed by atoms with Gasteiger partial charge < -0.3 is 14.6 Å². The summed E-state index contributed by atoms with van der Waals surface area (Å²) >= 11 is 0. The molecule has 1 fully saturated rings. The van der Waals surface area contributed by atoms with Crippen LogP contribution in [0.25, 0.3) is 0 Å². The Balaban J connectivity index is 2.15. The Morgan fingerprint density at radius 1 is 1.69 bits per heavy atom. The summed E-state index contributed by atoms with van der Waals surface area (Å²) in [5.74, 6) is 1.71. The molecule has 0 amide bonds. The summed E-state index contributed by atoms with van der Waals surface area (Å²) in [6.45, 7) is 4.97. The molecule has 1 aliphatic heterocycles. The Morgan fingerprint density at radius 3 is 3.19 bits per heavy atom. The van der Waals surface area contributed by atoms with E-state index >= 15 is 0 Å². The van der Waals surface area contributed by atoms with E-state index in [-0.39, 0.29) is 0 Å². The third-order valence-electron chi connectivity index (χ3n) is 3.24. The van der Waals surface area contributed by atoms with Gasteiger partial charge in [0, 0.05) is 31.5 Å². The van der Waals surface area contributed by atoms with Crippen LogP contribution in [0.15, 0.2) is 12.4 Å². The lowest BCUT2D eigenvalue weighted by Gasteiger charge is -2.22. The van der Waals surface area contributed by atoms with Crippen LogP contribution in [0.4, 0.5) is 0 Å². The second-order valence-corrected chi connectivity index (χ2v) is 4.37. The fraction of sp³-hybridized carbons (Fsp3) is 0.750. The average Bonchev–Trinajstić information content (AvgIpc) is 2.92. The summed E-state index contributed by atoms with van der Waals surface area (Å²) in [6, 6.07) is 0.323. The van der Waals surface area contributed by atoms with E-state index in [1.54, 1.807) is 0 Å². The van der Waals surface area contributed by atoms with E-state index in [9.17, 15) is 0 Å². The van der Waals surface area contributed by atoms with Gasteiger partial charge in [-0.05, 0) is 19.9 Å². The van der Waals surface area contributed by atoms with Crippen LogP contribution in [0.1, 0.15) is 31.6 Å². The zero-order valence-corrected chi connectivity index (χ0v) is 10.1. The highest BCUT2D eigenvalue weighted by Crippen LogP contribution is 2.27. The number of aromatic nitrogens is 2. The maximum absolute atomic E-state index is 5.46. The summed E-state index contributed by atoms with van der Waals surface area (Å²) in [5, 5.41) is 3.38. The van der Waals surface area contributed by atoms with Crippen molar-refractivity contribution in [2.45, 2.75) is 32.4 Å². The van der Waals surface area contributed by atoms with Gasteiger partial charge in [0.15, 0.2) is 0 Å². The van der Waals surface area contributed by atoms with Crippen LogP contribution in [0.5, 0.6) is 0 Å². The maximum atomic E-state index is 5.46. The van der Waals surface area contributed by atoms with Crippen LogP contribution < -0.4 is 5.32 Å². The van der Waals surface area contributed by atoms with E-state index in [1.165, 1.54) is 0 Å². The smallest absolute Gasteiger partial charge is 0.126 e. The van der Waals surface area contributed by atoms with Gasteiger partial charge in [0.05, 0.1) is 12.6 Å². The molecule has 1 aromatic heterocycles. The van der Waals surface area contributed by atoms with Crippen molar-refractivity contribution in [2.24, 2.45) is 5.92 Å². The molecule has 2 unspecified atom stereocenters. The van der Waals surface area contributed by atoms with Crippen molar-refractivity contribution in [3.05, 3.63) is 18.2 Å². The van der Waals surface area contributed by atoms with Crippen molar-refractivity contribution in [1.29, 1.82) is 0 Å². The minimum absolute atomic E-state index is 0.323. The van der Waals surface area contributed by atoms with Gasteiger partial charge >= 0.3 is 0 Å². The van der Waals surface area contributed by atoms with Crippen molar-refractivity contribution < 1.29 is 4.74 Å². The van der Waals surface area contributed by atoms with Gasteiger partial charge in [-0.3, -0.25) is 0 Å². The molecule has 1 N–H and O–H groups in total. The summed E-state index contributed by atoms with van der Waals surface area (Å²) in [5.41, 5.74) is 0. The van der Waals surface area contributed by atoms with Gasteiger partial charge in [-0.1, -0.05) is 6.92 Å². The van der Waals surface area contributed by atoms with Crippen LogP contribution in [-0.4, -0.2) is 29.8 Å². The first-order valence-corrected chi connectivity index (χ1v) is 6.12. The molecule has 1 aromatic rings. The molecule has 0 saturated carbocycles. The number of imidazole rings is 1. The molecule has 0 aliphatic carbocycles. The minimum atomic E-state index is 0.323. The lowest BCUT2D eigenvalue weighted by atomic mass is 9.98. The number of hydrogen-bond donors (Lipinski definition) is 1. The molecular weight excluding hydrogens is 202 g/mol. The fourth-order valence-electron chi connectivity index (χ4n) is 2.42. The summed E-state index contributed by atoms with van der Waals surface area (Å²) in [6.07, 6.45) is 6.23. The quantitative estimate of drug-likeness (QED) is 0.824. The number of rotatable bonds is 5. The maximum Gasteiger partial charge on any atom is 0.126 e. The molecule has 0 aromatic carbocycles. The van der Waals surface area contributed by atoms with Gasteiger partial charge in [-0.2, -0.15) is 0 Å². The Labute approximate surface area is 97.0 Å². The summed E-state index contributed by atoms with van der Waals surface area (Å²) < 4.78 is 7.71. The van der Waals surface area contributed by atoms with Crippen LogP contribution in [-0.2, 0) is 11.3 Å². The predicted molar refractivity (Wildman–Crippen MR) is 63.2 cm³/mol. The third kappa shape index (κ3) is 2.28. The van der Waals surface area contributed by atoms with E-state index in [4.69, 9.17) is 4.74 Å². The monoisotopic (exact) mass is 223 g/mol. The average molecular weight is 223 g/mol. The highest BCUT2D eigenvalue weighted by Gasteiger charge is 2.28. The number of aryl methyl sites for hydroxylation is 1. The first kappa shape index (κ1) is 11.6. The van der Waals surface area contributed by atoms with Crippen LogP contribution in [0.3, 0.4) is 0 Å². The minimum Gasteiger partial charge on any atom is -0.381 e. The van der Waals surface area contributed by atoms with Crippen molar-refractivity contribution in [2.75, 3.05) is 20.3 Å². The highest BCUT2D eigenvalue weighted by molar-refractivity contribution is 5.02. The van der Waals surface area contributed by atoms with Gasteiger partial charge in [-0.15, -0.1) is 0 Å². The van der Waals surface area contributed by atoms with Crippen molar-refractivity contribution in [3.63, 3.8) is 0 Å². The lowest BCUT2D eigenvalue weighted by Crippen LogP contribution is -2.28. The predicted octanol–water partition coefficient (Wildman–Crippen LogP) is 1.59. The highest BCUT2D eigenvalue weighted by atomic mass is 16.5. The zero-order valence-electron chi connectivity index (χ0n) is 10.1. The van der Waals surface area contributed by atoms with Gasteiger partial charge in [0.25, 0.3) is 0 Å². The molecule has 4 heteroatoms. The zero-order chi connectivity index (χ0) is 11.4. The Bertz CT molecular complexity index is 318. The molecule has 1 saturated heterocycles. The SMILES string of the molecule is CCCn1ccnc1C(NC)C1CCOC1. The molecule has 0 bridgehead atoms. The second-order valence-electron chi connectivity index (χ2n) is 4.37. The van der Waals surface area contributed by atoms with Gasteiger partial charge in [0.2, 0.25) is 0 Å². The van der Waals surface area contributed by atoms with Crippen LogP contribution in [0.2, 0.25) is 0 Å². The number of nitrogens with one attached hydrogen (secondary N) is 1. The molecule has 2 heterocycles. The summed E-state index contributed by atoms with van der Waals surface area (Å²) in [7, 11) is 2.01. The molecule has 2 rings (SSSR count). The third-order valence-corrected chi connectivity index (χ3v) is 3.24. The van der Waals surface area contributed by atoms with Gasteiger partial charge in [-0.25, -0.2) is 4.98 Å². The molecule has 4 nitrogen and oxygen atoms in total. The molecule has 1 aliphatic rings. The van der Waals surface area contributed by atoms with Crippen molar-refractivity contribution in [3.8, 4) is 0 Å². The van der Waals surface area contributed by atoms with Crippen LogP contribution >= 0.6 is 0 Å². The normalized spacial score (nSPS) is 22.5. The second kappa shape index (κ2) is 5.46. The van der Waals surface area contributed by atoms with Crippen LogP contribution in [0, 0.1) is 5.92 Å². The first-order valence-electron chi connectivity index (χ1n) is 6.12. The topological polar surface area (TPSA) is 39.1 Å². The fourth-order valence-corrected chi connectivity index (χ4v) is 2.42. The first-order chi connectivity index (χ1) is 7.86. The van der Waals surface area contributed by atoms with E-state index < -0.39 is 0 Å². The molecule has 2 atom stereocenters. The molecule has 0 spiro atoms. The molecule has 0 radical (unpaired) electrons. The largest absolute Gasteiger partial charge is 0.381 e. The standard InChI is InChI=1S/C12H21N3O/c1-3-6-15-7-5-14-12(15)11(13-2)10-4-8-16-9-10/h5,7,10-11,13H,3-4,6,8-9H2,1-2H3. The summed E-state index contributed by atoms with van der Waals surface area (Å²) in [4.78, 5) is 4.50. The van der Waals surface area contributed by atoms with E-state index in [0.29, 0.717) is 12.0 Å².